The molecule has 0 radical (unpaired) electrons. The average molecular weight is 384 g/mol. The van der Waals surface area contributed by atoms with E-state index in [1.54, 1.807) is 7.05 Å². The summed E-state index contributed by atoms with van der Waals surface area (Å²) in [5.41, 5.74) is -0.493. The number of nitrogens with one attached hydrogen (secondary N) is 3. The van der Waals surface area contributed by atoms with Crippen molar-refractivity contribution < 1.29 is 9.53 Å². The van der Waals surface area contributed by atoms with E-state index in [-0.39, 0.29) is 12.1 Å². The third-order valence-electron chi connectivity index (χ3n) is 4.79. The summed E-state index contributed by atoms with van der Waals surface area (Å²) in [5.74, 6) is 1.35. The monoisotopic (exact) mass is 383 g/mol. The second kappa shape index (κ2) is 10.7. The summed E-state index contributed by atoms with van der Waals surface area (Å²) < 4.78 is 5.37. The first kappa shape index (κ1) is 23.5. The molecule has 1 fully saturated rings. The van der Waals surface area contributed by atoms with Gasteiger partial charge >= 0.3 is 6.09 Å². The normalized spacial score (nSPS) is 22.6. The Balaban J connectivity index is 2.54. The zero-order chi connectivity index (χ0) is 20.6. The minimum atomic E-state index is -0.493. The number of carbonyl (C=O) groups excluding carboxylic acids is 1. The number of aliphatic imine (C=N–C) groups is 1. The third kappa shape index (κ3) is 8.82. The maximum atomic E-state index is 12.1. The number of rotatable bonds is 7. The van der Waals surface area contributed by atoms with Crippen molar-refractivity contribution in [3.8, 4) is 0 Å². The van der Waals surface area contributed by atoms with E-state index in [1.165, 1.54) is 0 Å². The molecule has 3 unspecified atom stereocenters. The molecule has 1 aliphatic rings. The number of hydrogen-bond donors (Lipinski definition) is 3. The molecule has 0 aromatic carbocycles. The van der Waals surface area contributed by atoms with Crippen LogP contribution in [0.2, 0.25) is 0 Å². The molecule has 0 aromatic rings. The molecule has 1 heterocycles. The molecule has 3 atom stereocenters. The van der Waals surface area contributed by atoms with Gasteiger partial charge < -0.3 is 20.7 Å². The Labute approximate surface area is 165 Å². The van der Waals surface area contributed by atoms with Crippen LogP contribution in [0.4, 0.5) is 4.79 Å². The Hall–Kier alpha value is -1.50. The summed E-state index contributed by atoms with van der Waals surface area (Å²) >= 11 is 0. The first-order valence-corrected chi connectivity index (χ1v) is 10.3. The van der Waals surface area contributed by atoms with Gasteiger partial charge in [-0.25, -0.2) is 4.79 Å². The van der Waals surface area contributed by atoms with Crippen LogP contribution in [0.3, 0.4) is 0 Å². The first-order valence-electron chi connectivity index (χ1n) is 10.3. The molecular formula is C20H41N5O2. The molecule has 0 aromatic heterocycles. The number of carbonyl (C=O) groups is 1. The van der Waals surface area contributed by atoms with Gasteiger partial charge in [0, 0.05) is 44.8 Å². The number of alkyl carbamates (subject to hydrolysis) is 1. The van der Waals surface area contributed by atoms with Gasteiger partial charge in [0.2, 0.25) is 0 Å². The lowest BCUT2D eigenvalue weighted by molar-refractivity contribution is 0.0502. The van der Waals surface area contributed by atoms with Crippen LogP contribution in [0.25, 0.3) is 0 Å². The Morgan fingerprint density at radius 3 is 2.44 bits per heavy atom. The molecule has 1 amide bonds. The van der Waals surface area contributed by atoms with Crippen molar-refractivity contribution in [3.05, 3.63) is 0 Å². The topological polar surface area (TPSA) is 78.0 Å². The molecule has 0 aliphatic carbocycles. The Morgan fingerprint density at radius 1 is 1.30 bits per heavy atom. The molecule has 0 saturated carbocycles. The second-order valence-electron chi connectivity index (χ2n) is 8.86. The van der Waals surface area contributed by atoms with Crippen molar-refractivity contribution in [2.24, 2.45) is 10.9 Å². The zero-order valence-corrected chi connectivity index (χ0v) is 18.6. The van der Waals surface area contributed by atoms with Crippen molar-refractivity contribution in [2.45, 2.75) is 85.0 Å². The Bertz CT molecular complexity index is 487. The van der Waals surface area contributed by atoms with Crippen LogP contribution in [0.1, 0.15) is 61.3 Å². The molecule has 1 aliphatic heterocycles. The molecule has 0 spiro atoms. The summed E-state index contributed by atoms with van der Waals surface area (Å²) in [5, 5.41) is 9.87. The van der Waals surface area contributed by atoms with Crippen molar-refractivity contribution in [2.75, 3.05) is 26.7 Å². The zero-order valence-electron chi connectivity index (χ0n) is 18.6. The van der Waals surface area contributed by atoms with E-state index < -0.39 is 5.60 Å². The van der Waals surface area contributed by atoms with Gasteiger partial charge in [-0.15, -0.1) is 0 Å². The molecule has 27 heavy (non-hydrogen) atoms. The van der Waals surface area contributed by atoms with Crippen LogP contribution in [-0.2, 0) is 4.74 Å². The summed E-state index contributed by atoms with van der Waals surface area (Å²) in [7, 11) is 1.78. The number of ether oxygens (including phenoxy) is 1. The van der Waals surface area contributed by atoms with Crippen LogP contribution in [0.5, 0.6) is 0 Å². The van der Waals surface area contributed by atoms with Crippen molar-refractivity contribution >= 4 is 12.1 Å². The van der Waals surface area contributed by atoms with Gasteiger partial charge in [0.15, 0.2) is 5.96 Å². The maximum Gasteiger partial charge on any atom is 0.407 e. The van der Waals surface area contributed by atoms with E-state index in [9.17, 15) is 4.79 Å². The van der Waals surface area contributed by atoms with Gasteiger partial charge in [-0.3, -0.25) is 9.89 Å². The van der Waals surface area contributed by atoms with Crippen molar-refractivity contribution in [1.82, 2.24) is 20.9 Å². The summed E-state index contributed by atoms with van der Waals surface area (Å²) in [6.07, 6.45) is 1.49. The highest BCUT2D eigenvalue weighted by Crippen LogP contribution is 2.18. The lowest BCUT2D eigenvalue weighted by atomic mass is 10.1. The SMILES string of the molecule is CCCC(CNC(=NC)NC1CN(C(C)C)CC1C)NC(=O)OC(C)(C)C. The number of amides is 1. The smallest absolute Gasteiger partial charge is 0.407 e. The Kier molecular flexibility index (Phi) is 9.36. The van der Waals surface area contributed by atoms with Gasteiger partial charge in [-0.1, -0.05) is 20.3 Å². The van der Waals surface area contributed by atoms with Gasteiger partial charge in [-0.05, 0) is 47.0 Å². The van der Waals surface area contributed by atoms with Gasteiger partial charge in [-0.2, -0.15) is 0 Å². The average Bonchev–Trinajstić information content (AvgIpc) is 2.90. The molecule has 3 N–H and O–H groups in total. The standard InChI is InChI=1S/C20H41N5O2/c1-9-10-16(23-19(26)27-20(5,6)7)11-22-18(21-8)24-17-13-25(14(2)3)12-15(17)4/h14-17H,9-13H2,1-8H3,(H,23,26)(H2,21,22,24). The van der Waals surface area contributed by atoms with Crippen molar-refractivity contribution in [3.63, 3.8) is 0 Å². The van der Waals surface area contributed by atoms with Crippen molar-refractivity contribution in [1.29, 1.82) is 0 Å². The van der Waals surface area contributed by atoms with Gasteiger partial charge in [0.25, 0.3) is 0 Å². The second-order valence-corrected chi connectivity index (χ2v) is 8.86. The number of hydrogen-bond acceptors (Lipinski definition) is 4. The minimum Gasteiger partial charge on any atom is -0.444 e. The van der Waals surface area contributed by atoms with E-state index in [1.807, 2.05) is 20.8 Å². The van der Waals surface area contributed by atoms with Crippen LogP contribution >= 0.6 is 0 Å². The predicted molar refractivity (Wildman–Crippen MR) is 112 cm³/mol. The molecule has 7 nitrogen and oxygen atoms in total. The van der Waals surface area contributed by atoms with Crippen LogP contribution in [0, 0.1) is 5.92 Å². The summed E-state index contributed by atoms with van der Waals surface area (Å²) in [4.78, 5) is 18.9. The maximum absolute atomic E-state index is 12.1. The molecule has 1 rings (SSSR count). The fraction of sp³-hybridized carbons (Fsp3) is 0.900. The largest absolute Gasteiger partial charge is 0.444 e. The quantitative estimate of drug-likeness (QED) is 0.465. The molecule has 7 heteroatoms. The highest BCUT2D eigenvalue weighted by Gasteiger charge is 2.31. The van der Waals surface area contributed by atoms with E-state index >= 15 is 0 Å². The fourth-order valence-electron chi connectivity index (χ4n) is 3.25. The lowest BCUT2D eigenvalue weighted by Crippen LogP contribution is -2.51. The minimum absolute atomic E-state index is 0.00318. The van der Waals surface area contributed by atoms with E-state index in [0.29, 0.717) is 24.5 Å². The van der Waals surface area contributed by atoms with E-state index in [4.69, 9.17) is 4.74 Å². The highest BCUT2D eigenvalue weighted by atomic mass is 16.6. The number of likely N-dealkylation sites (tertiary alicyclic amines) is 1. The summed E-state index contributed by atoms with van der Waals surface area (Å²) in [6, 6.07) is 0.930. The highest BCUT2D eigenvalue weighted by molar-refractivity contribution is 5.80. The Morgan fingerprint density at radius 2 is 1.96 bits per heavy atom. The van der Waals surface area contributed by atoms with Gasteiger partial charge in [0.1, 0.15) is 5.60 Å². The molecular weight excluding hydrogens is 342 g/mol. The summed E-state index contributed by atoms with van der Waals surface area (Å²) in [6.45, 7) is 17.2. The lowest BCUT2D eigenvalue weighted by Gasteiger charge is -2.25. The number of nitrogens with zero attached hydrogens (tertiary/aromatic N) is 2. The van der Waals surface area contributed by atoms with Crippen LogP contribution in [0.15, 0.2) is 4.99 Å². The van der Waals surface area contributed by atoms with E-state index in [2.05, 4.69) is 53.5 Å². The first-order chi connectivity index (χ1) is 12.6. The predicted octanol–water partition coefficient (Wildman–Crippen LogP) is 2.57. The van der Waals surface area contributed by atoms with Crippen LogP contribution < -0.4 is 16.0 Å². The molecule has 1 saturated heterocycles. The molecule has 0 bridgehead atoms. The van der Waals surface area contributed by atoms with E-state index in [0.717, 1.165) is 31.9 Å². The number of guanidine groups is 1. The molecule has 158 valence electrons. The third-order valence-corrected chi connectivity index (χ3v) is 4.79. The fourth-order valence-corrected chi connectivity index (χ4v) is 3.25. The van der Waals surface area contributed by atoms with Crippen LogP contribution in [-0.4, -0.2) is 67.4 Å². The van der Waals surface area contributed by atoms with Gasteiger partial charge in [0.05, 0.1) is 0 Å².